The van der Waals surface area contributed by atoms with E-state index >= 15 is 0 Å². The number of benzene rings is 2. The number of hydrogen-bond acceptors (Lipinski definition) is 6. The molecule has 6 nitrogen and oxygen atoms in total. The van der Waals surface area contributed by atoms with Gasteiger partial charge in [-0.05, 0) is 49.2 Å². The minimum absolute atomic E-state index is 0.0340. The number of unbranched alkanes of at least 4 members (excludes halogenated alkanes) is 3. The van der Waals surface area contributed by atoms with Crippen molar-refractivity contribution in [2.24, 2.45) is 0 Å². The fourth-order valence-corrected chi connectivity index (χ4v) is 3.27. The summed E-state index contributed by atoms with van der Waals surface area (Å²) in [6.07, 6.45) is 2.91. The van der Waals surface area contributed by atoms with Crippen molar-refractivity contribution in [3.05, 3.63) is 59.2 Å². The zero-order valence-corrected chi connectivity index (χ0v) is 18.4. The monoisotopic (exact) mass is 453 g/mol. The van der Waals surface area contributed by atoms with Gasteiger partial charge in [0.05, 0.1) is 13.7 Å². The SMILES string of the molecule is COc1cccc(C(F)(F)COCCCCCCNC(O)Cc2ccc(O)c(CO)c2)c1. The summed E-state index contributed by atoms with van der Waals surface area (Å²) in [7, 11) is 1.44. The van der Waals surface area contributed by atoms with Gasteiger partial charge in [0.2, 0.25) is 0 Å². The van der Waals surface area contributed by atoms with Crippen LogP contribution in [-0.2, 0) is 23.7 Å². The molecule has 2 rings (SSSR count). The van der Waals surface area contributed by atoms with Crippen LogP contribution in [-0.4, -0.2) is 48.4 Å². The van der Waals surface area contributed by atoms with Crippen LogP contribution < -0.4 is 10.1 Å². The molecule has 2 aromatic carbocycles. The van der Waals surface area contributed by atoms with Crippen LogP contribution in [0.1, 0.15) is 42.4 Å². The van der Waals surface area contributed by atoms with Gasteiger partial charge in [-0.15, -0.1) is 0 Å². The summed E-state index contributed by atoms with van der Waals surface area (Å²) in [5.74, 6) is -2.64. The van der Waals surface area contributed by atoms with E-state index in [9.17, 15) is 24.1 Å². The molecule has 0 aliphatic carbocycles. The summed E-state index contributed by atoms with van der Waals surface area (Å²) in [5.41, 5.74) is 1.12. The normalized spacial score (nSPS) is 12.7. The first kappa shape index (κ1) is 26.0. The molecule has 8 heteroatoms. The zero-order valence-electron chi connectivity index (χ0n) is 18.4. The number of alkyl halides is 2. The first-order valence-electron chi connectivity index (χ1n) is 10.8. The summed E-state index contributed by atoms with van der Waals surface area (Å²) in [6, 6.07) is 10.7. The van der Waals surface area contributed by atoms with Crippen LogP contribution in [0.15, 0.2) is 42.5 Å². The lowest BCUT2D eigenvalue weighted by atomic mass is 10.1. The van der Waals surface area contributed by atoms with Crippen molar-refractivity contribution in [3.8, 4) is 11.5 Å². The van der Waals surface area contributed by atoms with Crippen molar-refractivity contribution < 1.29 is 33.6 Å². The molecule has 0 aliphatic rings. The number of nitrogens with one attached hydrogen (secondary N) is 1. The Morgan fingerprint density at radius 1 is 1.06 bits per heavy atom. The lowest BCUT2D eigenvalue weighted by molar-refractivity contribution is -0.0832. The molecule has 0 saturated heterocycles. The molecule has 0 heterocycles. The molecule has 178 valence electrons. The van der Waals surface area contributed by atoms with Crippen molar-refractivity contribution >= 4 is 0 Å². The number of halogens is 2. The smallest absolute Gasteiger partial charge is 0.296 e. The molecule has 1 unspecified atom stereocenters. The average Bonchev–Trinajstić information content (AvgIpc) is 2.79. The maximum Gasteiger partial charge on any atom is 0.296 e. The van der Waals surface area contributed by atoms with Gasteiger partial charge in [-0.3, -0.25) is 5.32 Å². The second-order valence-corrected chi connectivity index (χ2v) is 7.70. The summed E-state index contributed by atoms with van der Waals surface area (Å²) in [5, 5.41) is 31.8. The molecule has 32 heavy (non-hydrogen) atoms. The van der Waals surface area contributed by atoms with E-state index in [1.807, 2.05) is 0 Å². The summed E-state index contributed by atoms with van der Waals surface area (Å²) in [6.45, 7) is -0.0285. The third-order valence-electron chi connectivity index (χ3n) is 5.11. The highest BCUT2D eigenvalue weighted by Crippen LogP contribution is 2.30. The molecule has 0 fully saturated rings. The van der Waals surface area contributed by atoms with Crippen LogP contribution in [0.5, 0.6) is 11.5 Å². The minimum atomic E-state index is -3.07. The van der Waals surface area contributed by atoms with E-state index in [0.717, 1.165) is 24.8 Å². The highest BCUT2D eigenvalue weighted by Gasteiger charge is 2.32. The van der Waals surface area contributed by atoms with Gasteiger partial charge in [0.25, 0.3) is 5.92 Å². The summed E-state index contributed by atoms with van der Waals surface area (Å²) in [4.78, 5) is 0. The van der Waals surface area contributed by atoms with Crippen LogP contribution >= 0.6 is 0 Å². The lowest BCUT2D eigenvalue weighted by Crippen LogP contribution is -2.31. The highest BCUT2D eigenvalue weighted by atomic mass is 19.3. The standard InChI is InChI=1S/C24H33F2NO5/c1-31-21-8-6-7-20(15-21)24(25,26)17-32-12-5-3-2-4-11-27-23(30)14-18-9-10-22(29)19(13-18)16-28/h6-10,13,15,23,27-30H,2-5,11-12,14,16-17H2,1H3. The van der Waals surface area contributed by atoms with E-state index in [2.05, 4.69) is 5.32 Å². The van der Waals surface area contributed by atoms with E-state index in [1.165, 1.54) is 31.4 Å². The Labute approximate surface area is 187 Å². The summed E-state index contributed by atoms with van der Waals surface area (Å²) < 4.78 is 38.6. The number of aliphatic hydroxyl groups excluding tert-OH is 2. The largest absolute Gasteiger partial charge is 0.508 e. The van der Waals surface area contributed by atoms with Gasteiger partial charge in [0.15, 0.2) is 0 Å². The second-order valence-electron chi connectivity index (χ2n) is 7.70. The summed E-state index contributed by atoms with van der Waals surface area (Å²) >= 11 is 0. The third-order valence-corrected chi connectivity index (χ3v) is 5.11. The molecular formula is C24H33F2NO5. The van der Waals surface area contributed by atoms with Gasteiger partial charge in [0, 0.05) is 24.2 Å². The Kier molecular flexibility index (Phi) is 10.8. The Bertz CT molecular complexity index is 819. The predicted molar refractivity (Wildman–Crippen MR) is 118 cm³/mol. The Hall–Kier alpha value is -2.26. The van der Waals surface area contributed by atoms with E-state index in [4.69, 9.17) is 9.47 Å². The van der Waals surface area contributed by atoms with Gasteiger partial charge < -0.3 is 24.8 Å². The topological polar surface area (TPSA) is 91.2 Å². The fraction of sp³-hybridized carbons (Fsp3) is 0.500. The minimum Gasteiger partial charge on any atom is -0.508 e. The van der Waals surface area contributed by atoms with Crippen molar-refractivity contribution in [1.29, 1.82) is 0 Å². The molecule has 4 N–H and O–H groups in total. The number of aliphatic hydroxyl groups is 2. The zero-order chi connectivity index (χ0) is 23.4. The lowest BCUT2D eigenvalue weighted by Gasteiger charge is -2.17. The first-order chi connectivity index (χ1) is 15.4. The molecule has 0 radical (unpaired) electrons. The number of phenols is 1. The fourth-order valence-electron chi connectivity index (χ4n) is 3.27. The molecule has 2 aromatic rings. The van der Waals surface area contributed by atoms with Gasteiger partial charge in [-0.2, -0.15) is 8.78 Å². The number of aromatic hydroxyl groups is 1. The van der Waals surface area contributed by atoms with E-state index < -0.39 is 18.8 Å². The van der Waals surface area contributed by atoms with E-state index in [0.29, 0.717) is 30.7 Å². The second kappa shape index (κ2) is 13.3. The molecule has 0 bridgehead atoms. The molecule has 0 amide bonds. The Morgan fingerprint density at radius 3 is 2.59 bits per heavy atom. The van der Waals surface area contributed by atoms with Crippen LogP contribution in [0.4, 0.5) is 8.78 Å². The van der Waals surface area contributed by atoms with E-state index in [1.54, 1.807) is 18.2 Å². The molecule has 0 spiro atoms. The quantitative estimate of drug-likeness (QED) is 0.243. The van der Waals surface area contributed by atoms with Crippen molar-refractivity contribution in [2.45, 2.75) is 50.9 Å². The van der Waals surface area contributed by atoms with Gasteiger partial charge in [-0.25, -0.2) is 0 Å². The van der Waals surface area contributed by atoms with Crippen LogP contribution in [0.25, 0.3) is 0 Å². The number of methoxy groups -OCH3 is 1. The van der Waals surface area contributed by atoms with Gasteiger partial charge >= 0.3 is 0 Å². The van der Waals surface area contributed by atoms with Gasteiger partial charge in [0.1, 0.15) is 24.3 Å². The van der Waals surface area contributed by atoms with Crippen molar-refractivity contribution in [3.63, 3.8) is 0 Å². The van der Waals surface area contributed by atoms with Crippen molar-refractivity contribution in [1.82, 2.24) is 5.32 Å². The van der Waals surface area contributed by atoms with Crippen molar-refractivity contribution in [2.75, 3.05) is 26.9 Å². The highest BCUT2D eigenvalue weighted by molar-refractivity contribution is 5.36. The predicted octanol–water partition coefficient (Wildman–Crippen LogP) is 3.71. The molecule has 0 saturated carbocycles. The number of rotatable bonds is 15. The maximum absolute atomic E-state index is 14.2. The van der Waals surface area contributed by atoms with Crippen LogP contribution in [0, 0.1) is 0 Å². The third kappa shape index (κ3) is 8.70. The Balaban J connectivity index is 1.54. The molecule has 0 aliphatic heterocycles. The van der Waals surface area contributed by atoms with Gasteiger partial charge in [-0.1, -0.05) is 31.0 Å². The van der Waals surface area contributed by atoms with E-state index in [-0.39, 0.29) is 24.5 Å². The molecular weight excluding hydrogens is 420 g/mol. The van der Waals surface area contributed by atoms with Crippen LogP contribution in [0.2, 0.25) is 0 Å². The maximum atomic E-state index is 14.2. The first-order valence-corrected chi connectivity index (χ1v) is 10.8. The molecule has 0 aromatic heterocycles. The average molecular weight is 454 g/mol. The number of hydrogen-bond donors (Lipinski definition) is 4. The number of ether oxygens (including phenoxy) is 2. The molecule has 1 atom stereocenters. The Morgan fingerprint density at radius 2 is 1.84 bits per heavy atom. The van der Waals surface area contributed by atoms with Crippen LogP contribution in [0.3, 0.4) is 0 Å².